The number of carbonyl (C=O) groups is 1. The van der Waals surface area contributed by atoms with Crippen LogP contribution in [0.1, 0.15) is 18.4 Å². The predicted octanol–water partition coefficient (Wildman–Crippen LogP) is 1.97. The molecule has 1 aromatic heterocycles. The molecule has 3 heterocycles. The normalized spacial score (nSPS) is 18.5. The number of benzene rings is 1. The summed E-state index contributed by atoms with van der Waals surface area (Å²) in [5, 5.41) is 6.80. The Morgan fingerprint density at radius 3 is 2.30 bits per heavy atom. The van der Waals surface area contributed by atoms with Crippen LogP contribution in [0.25, 0.3) is 0 Å². The highest BCUT2D eigenvalue weighted by molar-refractivity contribution is 7.89. The number of likely N-dealkylation sites (N-methyl/N-ethyl adjacent to an activating group) is 1. The summed E-state index contributed by atoms with van der Waals surface area (Å²) < 4.78 is 32.5. The Hall–Kier alpha value is -2.63. The van der Waals surface area contributed by atoms with E-state index in [-0.39, 0.29) is 29.8 Å². The zero-order valence-corrected chi connectivity index (χ0v) is 20.3. The number of aryl methyl sites for hydroxylation is 2. The Bertz CT molecular complexity index is 1070. The van der Waals surface area contributed by atoms with E-state index in [2.05, 4.69) is 27.2 Å². The average molecular weight is 477 g/mol. The fourth-order valence-corrected chi connectivity index (χ4v) is 6.17. The molecule has 1 N–H and O–H groups in total. The minimum absolute atomic E-state index is 0.123. The number of rotatable bonds is 5. The van der Waals surface area contributed by atoms with Gasteiger partial charge in [0.25, 0.3) is 0 Å². The van der Waals surface area contributed by atoms with Gasteiger partial charge in [0.2, 0.25) is 10.0 Å². The third-order valence-electron chi connectivity index (χ3n) is 6.40. The van der Waals surface area contributed by atoms with Gasteiger partial charge in [-0.3, -0.25) is 0 Å². The Balaban J connectivity index is 1.39. The lowest BCUT2D eigenvalue weighted by atomic mass is 10.2. The molecule has 2 aliphatic rings. The number of sulfonamides is 1. The van der Waals surface area contributed by atoms with Crippen molar-refractivity contribution >= 4 is 27.4 Å². The SMILES string of the molecule is CCN1CCN(c2ccccc2NC(=O)N2CCN(S(=O)(=O)c3c(C)noc3C)CC2)CC1. The average Bonchev–Trinajstić information content (AvgIpc) is 3.18. The number of para-hydroxylation sites is 2. The highest BCUT2D eigenvalue weighted by Crippen LogP contribution is 2.28. The predicted molar refractivity (Wildman–Crippen MR) is 126 cm³/mol. The molecule has 4 rings (SSSR count). The summed E-state index contributed by atoms with van der Waals surface area (Å²) in [5.41, 5.74) is 2.14. The van der Waals surface area contributed by atoms with Gasteiger partial charge >= 0.3 is 6.03 Å². The van der Waals surface area contributed by atoms with E-state index < -0.39 is 10.0 Å². The number of hydrogen-bond donors (Lipinski definition) is 1. The third kappa shape index (κ3) is 4.85. The second-order valence-corrected chi connectivity index (χ2v) is 10.3. The van der Waals surface area contributed by atoms with Crippen LogP contribution in [0.4, 0.5) is 16.2 Å². The van der Waals surface area contributed by atoms with E-state index in [1.165, 1.54) is 4.31 Å². The molecule has 33 heavy (non-hydrogen) atoms. The van der Waals surface area contributed by atoms with Gasteiger partial charge in [-0.1, -0.05) is 24.2 Å². The number of carbonyl (C=O) groups excluding carboxylic acids is 1. The molecule has 10 nitrogen and oxygen atoms in total. The maximum absolute atomic E-state index is 13.0. The largest absolute Gasteiger partial charge is 0.367 e. The van der Waals surface area contributed by atoms with Gasteiger partial charge in [-0.15, -0.1) is 0 Å². The van der Waals surface area contributed by atoms with Gasteiger partial charge in [-0.25, -0.2) is 13.2 Å². The third-order valence-corrected chi connectivity index (χ3v) is 8.54. The van der Waals surface area contributed by atoms with Gasteiger partial charge in [0, 0.05) is 52.4 Å². The number of aromatic nitrogens is 1. The Kier molecular flexibility index (Phi) is 6.91. The quantitative estimate of drug-likeness (QED) is 0.704. The van der Waals surface area contributed by atoms with Gasteiger partial charge in [0.15, 0.2) is 5.76 Å². The molecule has 0 bridgehead atoms. The van der Waals surface area contributed by atoms with E-state index in [4.69, 9.17) is 4.52 Å². The molecule has 2 amide bonds. The molecule has 0 spiro atoms. The van der Waals surface area contributed by atoms with Crippen molar-refractivity contribution in [3.63, 3.8) is 0 Å². The molecule has 2 aliphatic heterocycles. The molecule has 0 atom stereocenters. The number of nitrogens with zero attached hydrogens (tertiary/aromatic N) is 5. The lowest BCUT2D eigenvalue weighted by molar-refractivity contribution is 0.184. The summed E-state index contributed by atoms with van der Waals surface area (Å²) in [7, 11) is -3.71. The Morgan fingerprint density at radius 1 is 1.03 bits per heavy atom. The number of amides is 2. The van der Waals surface area contributed by atoms with Gasteiger partial charge in [0.05, 0.1) is 11.4 Å². The first-order valence-electron chi connectivity index (χ1n) is 11.4. The van der Waals surface area contributed by atoms with Crippen molar-refractivity contribution < 1.29 is 17.7 Å². The number of piperazine rings is 2. The van der Waals surface area contributed by atoms with Crippen LogP contribution in [0.2, 0.25) is 0 Å². The van der Waals surface area contributed by atoms with Crippen molar-refractivity contribution in [3.05, 3.63) is 35.7 Å². The van der Waals surface area contributed by atoms with Gasteiger partial charge in [-0.2, -0.15) is 4.31 Å². The first-order valence-corrected chi connectivity index (χ1v) is 12.8. The molecule has 0 unspecified atom stereocenters. The fraction of sp³-hybridized carbons (Fsp3) is 0.545. The second kappa shape index (κ2) is 9.70. The van der Waals surface area contributed by atoms with Crippen molar-refractivity contribution in [1.82, 2.24) is 19.3 Å². The van der Waals surface area contributed by atoms with Gasteiger partial charge < -0.3 is 24.5 Å². The Labute approximate surface area is 195 Å². The van der Waals surface area contributed by atoms with Crippen molar-refractivity contribution in [2.24, 2.45) is 0 Å². The van der Waals surface area contributed by atoms with Crippen molar-refractivity contribution in [2.45, 2.75) is 25.7 Å². The molecule has 2 saturated heterocycles. The molecule has 2 fully saturated rings. The summed E-state index contributed by atoms with van der Waals surface area (Å²) in [6.45, 7) is 11.3. The van der Waals surface area contributed by atoms with E-state index >= 15 is 0 Å². The maximum Gasteiger partial charge on any atom is 0.321 e. The van der Waals surface area contributed by atoms with Crippen LogP contribution in [-0.2, 0) is 10.0 Å². The molecule has 1 aromatic carbocycles. The highest BCUT2D eigenvalue weighted by atomic mass is 32.2. The molecule has 180 valence electrons. The van der Waals surface area contributed by atoms with E-state index in [0.717, 1.165) is 44.1 Å². The summed E-state index contributed by atoms with van der Waals surface area (Å²) in [6.07, 6.45) is 0. The number of urea groups is 1. The molecule has 0 saturated carbocycles. The van der Waals surface area contributed by atoms with E-state index in [1.54, 1.807) is 18.7 Å². The molecular weight excluding hydrogens is 444 g/mol. The number of hydrogen-bond acceptors (Lipinski definition) is 7. The minimum atomic E-state index is -3.71. The van der Waals surface area contributed by atoms with Crippen molar-refractivity contribution in [3.8, 4) is 0 Å². The van der Waals surface area contributed by atoms with Crippen LogP contribution in [0.15, 0.2) is 33.7 Å². The fourth-order valence-electron chi connectivity index (χ4n) is 4.46. The van der Waals surface area contributed by atoms with Crippen LogP contribution >= 0.6 is 0 Å². The van der Waals surface area contributed by atoms with Crippen LogP contribution in [0.5, 0.6) is 0 Å². The lowest BCUT2D eigenvalue weighted by Gasteiger charge is -2.37. The first-order chi connectivity index (χ1) is 15.8. The van der Waals surface area contributed by atoms with Gasteiger partial charge in [-0.05, 0) is 32.5 Å². The summed E-state index contributed by atoms with van der Waals surface area (Å²) in [4.78, 5) is 19.5. The molecule has 0 aliphatic carbocycles. The summed E-state index contributed by atoms with van der Waals surface area (Å²) in [5.74, 6) is 0.282. The Morgan fingerprint density at radius 2 is 1.70 bits per heavy atom. The van der Waals surface area contributed by atoms with Crippen molar-refractivity contribution in [2.75, 3.05) is 69.1 Å². The minimum Gasteiger partial charge on any atom is -0.367 e. The smallest absolute Gasteiger partial charge is 0.321 e. The number of nitrogens with one attached hydrogen (secondary N) is 1. The zero-order valence-electron chi connectivity index (χ0n) is 19.5. The molecular formula is C22H32N6O4S. The summed E-state index contributed by atoms with van der Waals surface area (Å²) >= 11 is 0. The standard InChI is InChI=1S/C22H32N6O4S/c1-4-25-9-11-26(12-10-25)20-8-6-5-7-19(20)23-22(29)27-13-15-28(16-14-27)33(30,31)21-17(2)24-32-18(21)3/h5-8H,4,9-16H2,1-3H3,(H,23,29). The number of anilines is 2. The van der Waals surface area contributed by atoms with Crippen LogP contribution in [-0.4, -0.2) is 92.6 Å². The summed E-state index contributed by atoms with van der Waals surface area (Å²) in [6, 6.07) is 7.62. The lowest BCUT2D eigenvalue weighted by Crippen LogP contribution is -2.51. The second-order valence-electron chi connectivity index (χ2n) is 8.41. The zero-order chi connectivity index (χ0) is 23.6. The van der Waals surface area contributed by atoms with Gasteiger partial charge in [0.1, 0.15) is 10.6 Å². The van der Waals surface area contributed by atoms with E-state index in [0.29, 0.717) is 18.8 Å². The van der Waals surface area contributed by atoms with Crippen LogP contribution < -0.4 is 10.2 Å². The maximum atomic E-state index is 13.0. The molecule has 11 heteroatoms. The molecule has 0 radical (unpaired) electrons. The van der Waals surface area contributed by atoms with Crippen LogP contribution in [0, 0.1) is 13.8 Å². The van der Waals surface area contributed by atoms with Crippen molar-refractivity contribution in [1.29, 1.82) is 0 Å². The van der Waals surface area contributed by atoms with E-state index in [9.17, 15) is 13.2 Å². The van der Waals surface area contributed by atoms with Crippen LogP contribution in [0.3, 0.4) is 0 Å². The monoisotopic (exact) mass is 476 g/mol. The topological polar surface area (TPSA) is 102 Å². The van der Waals surface area contributed by atoms with E-state index in [1.807, 2.05) is 24.3 Å². The highest BCUT2D eigenvalue weighted by Gasteiger charge is 2.34. The molecule has 2 aromatic rings. The first kappa shape index (κ1) is 23.5.